The summed E-state index contributed by atoms with van der Waals surface area (Å²) in [6.07, 6.45) is -4.96. The van der Waals surface area contributed by atoms with Crippen LogP contribution in [-0.2, 0) is 4.79 Å². The smallest absolute Gasteiger partial charge is 0.390 e. The minimum absolute atomic E-state index is 0.191. The average Bonchev–Trinajstić information content (AvgIpc) is 2.34. The molecule has 0 aliphatic carbocycles. The summed E-state index contributed by atoms with van der Waals surface area (Å²) in [4.78, 5) is 18.8. The molecule has 1 aromatic carbocycles. The normalized spacial score (nSPS) is 13.4. The van der Waals surface area contributed by atoms with E-state index < -0.39 is 24.5 Å². The van der Waals surface area contributed by atoms with Gasteiger partial charge in [-0.25, -0.2) is 4.98 Å². The fourth-order valence-corrected chi connectivity index (χ4v) is 1.69. The molecule has 0 amide bonds. The summed E-state index contributed by atoms with van der Waals surface area (Å²) >= 11 is 0. The van der Waals surface area contributed by atoms with E-state index >= 15 is 0 Å². The number of benzene rings is 1. The van der Waals surface area contributed by atoms with Crippen LogP contribution in [0.5, 0.6) is 0 Å². The highest BCUT2D eigenvalue weighted by atomic mass is 19.4. The molecule has 2 rings (SSSR count). The Kier molecular flexibility index (Phi) is 3.37. The Labute approximate surface area is 105 Å². The zero-order valence-electron chi connectivity index (χ0n) is 9.55. The van der Waals surface area contributed by atoms with Gasteiger partial charge in [-0.15, -0.1) is 0 Å². The minimum atomic E-state index is -4.57. The van der Waals surface area contributed by atoms with Gasteiger partial charge in [0.05, 0.1) is 29.3 Å². The van der Waals surface area contributed by atoms with E-state index in [4.69, 9.17) is 5.11 Å². The molecule has 1 N–H and O–H groups in total. The summed E-state index contributed by atoms with van der Waals surface area (Å²) in [5.74, 6) is -3.31. The number of alkyl halides is 3. The van der Waals surface area contributed by atoms with Crippen LogP contribution >= 0.6 is 0 Å². The number of fused-ring (bicyclic) bond motifs is 1. The van der Waals surface area contributed by atoms with Crippen LogP contribution in [0.4, 0.5) is 13.2 Å². The van der Waals surface area contributed by atoms with E-state index in [1.165, 1.54) is 0 Å². The lowest BCUT2D eigenvalue weighted by atomic mass is 10.0. The lowest BCUT2D eigenvalue weighted by molar-refractivity contribution is -0.157. The number of nitrogens with zero attached hydrogens (tertiary/aromatic N) is 2. The predicted octanol–water partition coefficient (Wildman–Crippen LogP) is 2.75. The third-order valence-electron chi connectivity index (χ3n) is 2.56. The fraction of sp³-hybridized carbons (Fsp3) is 0.250. The topological polar surface area (TPSA) is 63.1 Å². The van der Waals surface area contributed by atoms with Crippen molar-refractivity contribution < 1.29 is 23.1 Å². The van der Waals surface area contributed by atoms with E-state index in [9.17, 15) is 18.0 Å². The van der Waals surface area contributed by atoms with Crippen molar-refractivity contribution in [2.45, 2.75) is 18.5 Å². The largest absolute Gasteiger partial charge is 0.481 e. The zero-order valence-corrected chi connectivity index (χ0v) is 9.55. The van der Waals surface area contributed by atoms with E-state index in [-0.39, 0.29) is 5.69 Å². The van der Waals surface area contributed by atoms with Crippen molar-refractivity contribution in [2.75, 3.05) is 0 Å². The van der Waals surface area contributed by atoms with Crippen LogP contribution in [0.1, 0.15) is 18.0 Å². The second kappa shape index (κ2) is 4.83. The van der Waals surface area contributed by atoms with Gasteiger partial charge in [-0.05, 0) is 12.1 Å². The first-order chi connectivity index (χ1) is 8.87. The van der Waals surface area contributed by atoms with Gasteiger partial charge in [0.15, 0.2) is 0 Å². The first kappa shape index (κ1) is 13.3. The predicted molar refractivity (Wildman–Crippen MR) is 60.6 cm³/mol. The average molecular weight is 270 g/mol. The molecular formula is C12H9F3N2O2. The quantitative estimate of drug-likeness (QED) is 0.931. The molecule has 1 aromatic heterocycles. The Morgan fingerprint density at radius 1 is 1.26 bits per heavy atom. The van der Waals surface area contributed by atoms with Gasteiger partial charge in [0.2, 0.25) is 0 Å². The van der Waals surface area contributed by atoms with Crippen molar-refractivity contribution in [3.63, 3.8) is 0 Å². The van der Waals surface area contributed by atoms with E-state index in [0.717, 1.165) is 6.20 Å². The molecule has 0 bridgehead atoms. The van der Waals surface area contributed by atoms with Gasteiger partial charge in [0.1, 0.15) is 5.92 Å². The highest BCUT2D eigenvalue weighted by molar-refractivity contribution is 5.78. The molecule has 1 heterocycles. The Hall–Kier alpha value is -2.18. The molecule has 0 saturated carbocycles. The van der Waals surface area contributed by atoms with Crippen LogP contribution in [-0.4, -0.2) is 27.2 Å². The zero-order chi connectivity index (χ0) is 14.0. The van der Waals surface area contributed by atoms with Gasteiger partial charge in [0.25, 0.3) is 0 Å². The second-order valence-corrected chi connectivity index (χ2v) is 3.99. The number of rotatable bonds is 3. The monoisotopic (exact) mass is 270 g/mol. The summed E-state index contributed by atoms with van der Waals surface area (Å²) in [6, 6.07) is 6.57. The van der Waals surface area contributed by atoms with Crippen LogP contribution in [0.3, 0.4) is 0 Å². The Bertz CT molecular complexity index is 613. The van der Waals surface area contributed by atoms with Crippen molar-refractivity contribution in [3.8, 4) is 0 Å². The highest BCUT2D eigenvalue weighted by Gasteiger charge is 2.37. The molecule has 7 heteroatoms. The number of hydrogen-bond acceptors (Lipinski definition) is 3. The molecule has 100 valence electrons. The molecule has 2 aromatic rings. The maximum absolute atomic E-state index is 12.4. The molecule has 0 spiro atoms. The van der Waals surface area contributed by atoms with Crippen LogP contribution in [0, 0.1) is 0 Å². The van der Waals surface area contributed by atoms with Crippen LogP contribution in [0.2, 0.25) is 0 Å². The van der Waals surface area contributed by atoms with E-state index in [1.807, 2.05) is 0 Å². The van der Waals surface area contributed by atoms with Crippen molar-refractivity contribution in [1.29, 1.82) is 0 Å². The number of halogens is 3. The maximum atomic E-state index is 12.4. The summed E-state index contributed by atoms with van der Waals surface area (Å²) < 4.78 is 37.1. The van der Waals surface area contributed by atoms with Crippen LogP contribution in [0.25, 0.3) is 11.0 Å². The van der Waals surface area contributed by atoms with E-state index in [1.54, 1.807) is 24.3 Å². The Morgan fingerprint density at radius 2 is 1.89 bits per heavy atom. The number of carbonyl (C=O) groups is 1. The van der Waals surface area contributed by atoms with Gasteiger partial charge in [-0.2, -0.15) is 13.2 Å². The summed E-state index contributed by atoms with van der Waals surface area (Å²) in [5.41, 5.74) is 0.680. The van der Waals surface area contributed by atoms with Gasteiger partial charge < -0.3 is 5.11 Å². The first-order valence-electron chi connectivity index (χ1n) is 5.38. The number of carboxylic acids is 1. The molecule has 4 nitrogen and oxygen atoms in total. The summed E-state index contributed by atoms with van der Waals surface area (Å²) in [6.45, 7) is 0. The van der Waals surface area contributed by atoms with Gasteiger partial charge in [0, 0.05) is 0 Å². The minimum Gasteiger partial charge on any atom is -0.481 e. The molecule has 19 heavy (non-hydrogen) atoms. The van der Waals surface area contributed by atoms with Gasteiger partial charge >= 0.3 is 12.1 Å². The number of aliphatic carboxylic acids is 1. The molecule has 0 fully saturated rings. The Morgan fingerprint density at radius 3 is 2.47 bits per heavy atom. The second-order valence-electron chi connectivity index (χ2n) is 3.99. The van der Waals surface area contributed by atoms with Crippen molar-refractivity contribution in [1.82, 2.24) is 9.97 Å². The molecule has 0 aliphatic heterocycles. The van der Waals surface area contributed by atoms with Crippen LogP contribution in [0.15, 0.2) is 30.5 Å². The number of para-hydroxylation sites is 2. The lowest BCUT2D eigenvalue weighted by Gasteiger charge is -2.14. The van der Waals surface area contributed by atoms with Gasteiger partial charge in [-0.1, -0.05) is 12.1 Å². The summed E-state index contributed by atoms with van der Waals surface area (Å²) in [7, 11) is 0. The number of carboxylic acid groups (broad SMARTS) is 1. The SMILES string of the molecule is O=C(O)C(CC(F)(F)F)c1cnc2ccccc2n1. The van der Waals surface area contributed by atoms with E-state index in [2.05, 4.69) is 9.97 Å². The standard InChI is InChI=1S/C12H9F3N2O2/c13-12(14,15)5-7(11(18)19)10-6-16-8-3-1-2-4-9(8)17-10/h1-4,6-7H,5H2,(H,18,19). The lowest BCUT2D eigenvalue weighted by Crippen LogP contribution is -2.21. The number of hydrogen-bond donors (Lipinski definition) is 1. The highest BCUT2D eigenvalue weighted by Crippen LogP contribution is 2.30. The number of aromatic nitrogens is 2. The third kappa shape index (κ3) is 3.18. The summed E-state index contributed by atoms with van der Waals surface area (Å²) in [5, 5.41) is 8.89. The third-order valence-corrected chi connectivity index (χ3v) is 2.56. The van der Waals surface area contributed by atoms with E-state index in [0.29, 0.717) is 11.0 Å². The molecule has 0 radical (unpaired) electrons. The van der Waals surface area contributed by atoms with Crippen molar-refractivity contribution in [3.05, 3.63) is 36.2 Å². The first-order valence-corrected chi connectivity index (χ1v) is 5.38. The molecule has 1 unspecified atom stereocenters. The molecule has 0 aliphatic rings. The molecule has 1 atom stereocenters. The van der Waals surface area contributed by atoms with Crippen LogP contribution < -0.4 is 0 Å². The van der Waals surface area contributed by atoms with Crippen molar-refractivity contribution in [2.24, 2.45) is 0 Å². The fourth-order valence-electron chi connectivity index (χ4n) is 1.69. The maximum Gasteiger partial charge on any atom is 0.390 e. The van der Waals surface area contributed by atoms with Crippen molar-refractivity contribution >= 4 is 17.0 Å². The van der Waals surface area contributed by atoms with Gasteiger partial charge in [-0.3, -0.25) is 9.78 Å². The Balaban J connectivity index is 2.42. The molecular weight excluding hydrogens is 261 g/mol. The molecule has 0 saturated heterocycles.